The SMILES string of the molecule is COC(=O)C(C)(C)c1cccc(-c2cc(C(C)=O)cc3ccccc23)c1. The third-order valence-corrected chi connectivity index (χ3v) is 4.86. The highest BCUT2D eigenvalue weighted by Gasteiger charge is 2.31. The Morgan fingerprint density at radius 3 is 2.35 bits per heavy atom. The first-order chi connectivity index (χ1) is 12.3. The van der Waals surface area contributed by atoms with Gasteiger partial charge in [0, 0.05) is 5.56 Å². The molecule has 0 fully saturated rings. The quantitative estimate of drug-likeness (QED) is 0.484. The van der Waals surface area contributed by atoms with E-state index in [1.807, 2.05) is 74.5 Å². The summed E-state index contributed by atoms with van der Waals surface area (Å²) in [6.45, 7) is 5.27. The number of fused-ring (bicyclic) bond motifs is 1. The molecule has 0 aliphatic rings. The number of rotatable bonds is 4. The van der Waals surface area contributed by atoms with E-state index >= 15 is 0 Å². The molecule has 0 N–H and O–H groups in total. The zero-order valence-electron chi connectivity index (χ0n) is 15.5. The van der Waals surface area contributed by atoms with Gasteiger partial charge in [0.25, 0.3) is 0 Å². The molecule has 3 aromatic rings. The molecule has 0 aliphatic carbocycles. The smallest absolute Gasteiger partial charge is 0.315 e. The van der Waals surface area contributed by atoms with Crippen molar-refractivity contribution in [2.45, 2.75) is 26.2 Å². The van der Waals surface area contributed by atoms with Gasteiger partial charge in [-0.2, -0.15) is 0 Å². The van der Waals surface area contributed by atoms with Gasteiger partial charge in [0.2, 0.25) is 0 Å². The summed E-state index contributed by atoms with van der Waals surface area (Å²) in [5.41, 5.74) is 2.75. The van der Waals surface area contributed by atoms with Crippen molar-refractivity contribution in [2.75, 3.05) is 7.11 Å². The van der Waals surface area contributed by atoms with Crippen molar-refractivity contribution in [2.24, 2.45) is 0 Å². The van der Waals surface area contributed by atoms with E-state index in [1.165, 1.54) is 7.11 Å². The molecule has 3 nitrogen and oxygen atoms in total. The van der Waals surface area contributed by atoms with Crippen LogP contribution in [0.15, 0.2) is 60.7 Å². The number of benzene rings is 3. The fraction of sp³-hybridized carbons (Fsp3) is 0.217. The molecule has 0 aromatic heterocycles. The van der Waals surface area contributed by atoms with Gasteiger partial charge in [-0.3, -0.25) is 9.59 Å². The second-order valence-corrected chi connectivity index (χ2v) is 7.00. The van der Waals surface area contributed by atoms with Crippen molar-refractivity contribution in [1.82, 2.24) is 0 Å². The van der Waals surface area contributed by atoms with Gasteiger partial charge < -0.3 is 4.74 Å². The summed E-state index contributed by atoms with van der Waals surface area (Å²) in [4.78, 5) is 24.1. The lowest BCUT2D eigenvalue weighted by atomic mass is 9.83. The Labute approximate surface area is 153 Å². The van der Waals surface area contributed by atoms with Gasteiger partial charge in [-0.15, -0.1) is 0 Å². The summed E-state index contributed by atoms with van der Waals surface area (Å²) in [5, 5.41) is 2.10. The summed E-state index contributed by atoms with van der Waals surface area (Å²) < 4.78 is 4.95. The van der Waals surface area contributed by atoms with Gasteiger partial charge in [-0.1, -0.05) is 48.5 Å². The van der Waals surface area contributed by atoms with Crippen molar-refractivity contribution >= 4 is 22.5 Å². The lowest BCUT2D eigenvalue weighted by Crippen LogP contribution is -2.30. The molecule has 0 radical (unpaired) electrons. The topological polar surface area (TPSA) is 43.4 Å². The van der Waals surface area contributed by atoms with Crippen LogP contribution in [0.1, 0.15) is 36.7 Å². The van der Waals surface area contributed by atoms with Crippen LogP contribution in [0, 0.1) is 0 Å². The Bertz CT molecular complexity index is 999. The minimum atomic E-state index is -0.751. The van der Waals surface area contributed by atoms with Crippen LogP contribution in [0.3, 0.4) is 0 Å². The fourth-order valence-electron chi connectivity index (χ4n) is 3.20. The second kappa shape index (κ2) is 6.75. The highest BCUT2D eigenvalue weighted by molar-refractivity contribution is 6.04. The molecule has 3 heteroatoms. The molecular formula is C23H22O3. The van der Waals surface area contributed by atoms with Crippen LogP contribution in [-0.4, -0.2) is 18.9 Å². The van der Waals surface area contributed by atoms with Crippen molar-refractivity contribution in [1.29, 1.82) is 0 Å². The Kier molecular flexibility index (Phi) is 4.64. The average Bonchev–Trinajstić information content (AvgIpc) is 2.66. The van der Waals surface area contributed by atoms with Crippen LogP contribution in [0.25, 0.3) is 21.9 Å². The third-order valence-electron chi connectivity index (χ3n) is 4.86. The predicted octanol–water partition coefficient (Wildman–Crippen LogP) is 5.16. The number of hydrogen-bond donors (Lipinski definition) is 0. The summed E-state index contributed by atoms with van der Waals surface area (Å²) in [5.74, 6) is -0.250. The third kappa shape index (κ3) is 3.13. The molecule has 0 atom stereocenters. The van der Waals surface area contributed by atoms with E-state index in [4.69, 9.17) is 4.74 Å². The highest BCUT2D eigenvalue weighted by Crippen LogP contribution is 2.33. The molecule has 3 aromatic carbocycles. The number of carbonyl (C=O) groups excluding carboxylic acids is 2. The van der Waals surface area contributed by atoms with Gasteiger partial charge in [-0.25, -0.2) is 0 Å². The normalized spacial score (nSPS) is 11.4. The number of ketones is 1. The first kappa shape index (κ1) is 17.9. The molecule has 132 valence electrons. The molecule has 0 aliphatic heterocycles. The Morgan fingerprint density at radius 2 is 1.65 bits per heavy atom. The largest absolute Gasteiger partial charge is 0.468 e. The molecule has 3 rings (SSSR count). The van der Waals surface area contributed by atoms with Crippen LogP contribution in [-0.2, 0) is 14.9 Å². The second-order valence-electron chi connectivity index (χ2n) is 7.00. The summed E-state index contributed by atoms with van der Waals surface area (Å²) in [6, 6.07) is 19.7. The maximum atomic E-state index is 12.2. The first-order valence-electron chi connectivity index (χ1n) is 8.57. The van der Waals surface area contributed by atoms with E-state index < -0.39 is 5.41 Å². The number of esters is 1. The van der Waals surface area contributed by atoms with Gasteiger partial charge in [0.1, 0.15) is 0 Å². The van der Waals surface area contributed by atoms with E-state index in [9.17, 15) is 9.59 Å². The minimum Gasteiger partial charge on any atom is -0.468 e. The minimum absolute atomic E-state index is 0.0306. The Morgan fingerprint density at radius 1 is 0.923 bits per heavy atom. The van der Waals surface area contributed by atoms with Crippen LogP contribution in [0.2, 0.25) is 0 Å². The molecule has 0 saturated carbocycles. The fourth-order valence-corrected chi connectivity index (χ4v) is 3.20. The van der Waals surface area contributed by atoms with Crippen LogP contribution < -0.4 is 0 Å². The summed E-state index contributed by atoms with van der Waals surface area (Å²) >= 11 is 0. The average molecular weight is 346 g/mol. The molecule has 0 heterocycles. The monoisotopic (exact) mass is 346 g/mol. The first-order valence-corrected chi connectivity index (χ1v) is 8.57. The van der Waals surface area contributed by atoms with Crippen LogP contribution >= 0.6 is 0 Å². The van der Waals surface area contributed by atoms with E-state index in [2.05, 4.69) is 0 Å². The maximum absolute atomic E-state index is 12.2. The lowest BCUT2D eigenvalue weighted by Gasteiger charge is -2.23. The molecule has 0 bridgehead atoms. The zero-order valence-corrected chi connectivity index (χ0v) is 15.5. The van der Waals surface area contributed by atoms with E-state index in [0.29, 0.717) is 5.56 Å². The number of Topliss-reactive ketones (excluding diaryl/α,β-unsaturated/α-hetero) is 1. The lowest BCUT2D eigenvalue weighted by molar-refractivity contribution is -0.146. The van der Waals surface area contributed by atoms with Gasteiger partial charge in [0.15, 0.2) is 5.78 Å². The van der Waals surface area contributed by atoms with E-state index in [-0.39, 0.29) is 11.8 Å². The summed E-state index contributed by atoms with van der Waals surface area (Å²) in [6.07, 6.45) is 0. The summed E-state index contributed by atoms with van der Waals surface area (Å²) in [7, 11) is 1.40. The Balaban J connectivity index is 2.23. The number of methoxy groups -OCH3 is 1. The van der Waals surface area contributed by atoms with Gasteiger partial charge in [-0.05, 0) is 60.4 Å². The van der Waals surface area contributed by atoms with E-state index in [0.717, 1.165) is 27.5 Å². The number of ether oxygens (including phenoxy) is 1. The van der Waals surface area contributed by atoms with Crippen molar-refractivity contribution in [3.05, 3.63) is 71.8 Å². The van der Waals surface area contributed by atoms with Crippen LogP contribution in [0.5, 0.6) is 0 Å². The number of carbonyl (C=O) groups is 2. The predicted molar refractivity (Wildman–Crippen MR) is 104 cm³/mol. The Hall–Kier alpha value is -2.94. The molecule has 26 heavy (non-hydrogen) atoms. The molecule has 0 saturated heterocycles. The van der Waals surface area contributed by atoms with Gasteiger partial charge >= 0.3 is 5.97 Å². The molecule has 0 spiro atoms. The molecule has 0 unspecified atom stereocenters. The van der Waals surface area contributed by atoms with Crippen molar-refractivity contribution < 1.29 is 14.3 Å². The van der Waals surface area contributed by atoms with E-state index in [1.54, 1.807) is 6.92 Å². The van der Waals surface area contributed by atoms with Crippen molar-refractivity contribution in [3.63, 3.8) is 0 Å². The highest BCUT2D eigenvalue weighted by atomic mass is 16.5. The molecular weight excluding hydrogens is 324 g/mol. The van der Waals surface area contributed by atoms with Gasteiger partial charge in [0.05, 0.1) is 12.5 Å². The molecule has 0 amide bonds. The van der Waals surface area contributed by atoms with Crippen LogP contribution in [0.4, 0.5) is 0 Å². The number of hydrogen-bond acceptors (Lipinski definition) is 3. The maximum Gasteiger partial charge on any atom is 0.315 e. The van der Waals surface area contributed by atoms with Crippen molar-refractivity contribution in [3.8, 4) is 11.1 Å². The standard InChI is InChI=1S/C23H22O3/c1-15(24)18-12-16-8-5-6-11-20(16)21(14-18)17-9-7-10-19(13-17)23(2,3)22(25)26-4/h5-14H,1-4H3. The zero-order chi connectivity index (χ0) is 18.9.